The Balaban J connectivity index is 3.05. The highest BCUT2D eigenvalue weighted by Gasteiger charge is 2.26. The first-order valence-corrected chi connectivity index (χ1v) is 4.87. The van der Waals surface area contributed by atoms with E-state index in [2.05, 4.69) is 0 Å². The maximum Gasteiger partial charge on any atom is 0.211 e. The Morgan fingerprint density at radius 1 is 1.50 bits per heavy atom. The van der Waals surface area contributed by atoms with Gasteiger partial charge >= 0.3 is 0 Å². The van der Waals surface area contributed by atoms with E-state index in [0.717, 1.165) is 0 Å². The van der Waals surface area contributed by atoms with Crippen molar-refractivity contribution in [2.75, 3.05) is 6.54 Å². The van der Waals surface area contributed by atoms with Crippen LogP contribution in [0.1, 0.15) is 18.4 Å². The second-order valence-electron chi connectivity index (χ2n) is 3.64. The van der Waals surface area contributed by atoms with Crippen LogP contribution >= 0.6 is 0 Å². The number of hydrogen-bond acceptors (Lipinski definition) is 3. The van der Waals surface area contributed by atoms with E-state index in [4.69, 9.17) is 0 Å². The molecule has 1 rings (SSSR count). The highest BCUT2D eigenvalue weighted by atomic mass is 19.1. The summed E-state index contributed by atoms with van der Waals surface area (Å²) < 4.78 is 13.4. The van der Waals surface area contributed by atoms with Gasteiger partial charge in [-0.1, -0.05) is 25.1 Å². The van der Waals surface area contributed by atoms with Gasteiger partial charge in [0, 0.05) is 10.8 Å². The van der Waals surface area contributed by atoms with Gasteiger partial charge in [0.25, 0.3) is 0 Å². The monoisotopic (exact) mass is 225 g/mol. The molecule has 5 heteroatoms. The molecule has 0 aromatic heterocycles. The number of carbonyl (C=O) groups excluding carboxylic acids is 1. The van der Waals surface area contributed by atoms with E-state index in [9.17, 15) is 19.3 Å². The summed E-state index contributed by atoms with van der Waals surface area (Å²) in [6.07, 6.45) is 0.612. The molecule has 0 saturated carbocycles. The largest absolute Gasteiger partial charge is 0.303 e. The zero-order chi connectivity index (χ0) is 12.1. The van der Waals surface area contributed by atoms with Crippen LogP contribution in [0, 0.1) is 21.8 Å². The Labute approximate surface area is 92.2 Å². The number of aldehydes is 1. The van der Waals surface area contributed by atoms with E-state index in [0.29, 0.717) is 6.29 Å². The van der Waals surface area contributed by atoms with Crippen LogP contribution in [0.3, 0.4) is 0 Å². The maximum absolute atomic E-state index is 13.4. The first-order valence-electron chi connectivity index (χ1n) is 4.87. The van der Waals surface area contributed by atoms with Crippen LogP contribution in [0.4, 0.5) is 4.39 Å². The molecule has 0 bridgehead atoms. The van der Waals surface area contributed by atoms with Gasteiger partial charge in [0.15, 0.2) is 0 Å². The molecule has 2 atom stereocenters. The van der Waals surface area contributed by atoms with Gasteiger partial charge in [0.05, 0.1) is 5.92 Å². The van der Waals surface area contributed by atoms with Gasteiger partial charge in [-0.25, -0.2) is 4.39 Å². The number of hydrogen-bond donors (Lipinski definition) is 0. The van der Waals surface area contributed by atoms with Crippen molar-refractivity contribution in [1.29, 1.82) is 0 Å². The van der Waals surface area contributed by atoms with Crippen molar-refractivity contribution in [1.82, 2.24) is 0 Å². The van der Waals surface area contributed by atoms with Crippen LogP contribution in [0.15, 0.2) is 24.3 Å². The van der Waals surface area contributed by atoms with E-state index in [1.807, 2.05) is 0 Å². The number of carbonyl (C=O) groups is 1. The van der Waals surface area contributed by atoms with Crippen molar-refractivity contribution in [3.05, 3.63) is 45.8 Å². The standard InChI is InChI=1S/C11H12FNO3/c1-8(7-14)10(6-13(15)16)9-4-2-3-5-11(9)12/h2-5,7-8,10H,6H2,1H3/t8-,10-/m1/s1. The minimum atomic E-state index is -0.714. The lowest BCUT2D eigenvalue weighted by atomic mass is 9.88. The van der Waals surface area contributed by atoms with Crippen molar-refractivity contribution in [2.45, 2.75) is 12.8 Å². The van der Waals surface area contributed by atoms with E-state index in [-0.39, 0.29) is 5.56 Å². The Morgan fingerprint density at radius 3 is 2.62 bits per heavy atom. The van der Waals surface area contributed by atoms with E-state index in [1.54, 1.807) is 13.0 Å². The van der Waals surface area contributed by atoms with Crippen molar-refractivity contribution >= 4 is 6.29 Å². The number of halogens is 1. The molecule has 4 nitrogen and oxygen atoms in total. The van der Waals surface area contributed by atoms with Gasteiger partial charge in [-0.2, -0.15) is 0 Å². The van der Waals surface area contributed by atoms with Crippen LogP contribution in [0.2, 0.25) is 0 Å². The lowest BCUT2D eigenvalue weighted by molar-refractivity contribution is -0.484. The Hall–Kier alpha value is -1.78. The van der Waals surface area contributed by atoms with E-state index in [1.165, 1.54) is 18.2 Å². The molecule has 0 aliphatic rings. The summed E-state index contributed by atoms with van der Waals surface area (Å²) in [6.45, 7) is 1.11. The molecule has 0 fully saturated rings. The summed E-state index contributed by atoms with van der Waals surface area (Å²) in [5.41, 5.74) is 0.221. The molecule has 0 N–H and O–H groups in total. The smallest absolute Gasteiger partial charge is 0.211 e. The quantitative estimate of drug-likeness (QED) is 0.437. The third kappa shape index (κ3) is 2.85. The fourth-order valence-electron chi connectivity index (χ4n) is 1.58. The average Bonchev–Trinajstić information content (AvgIpc) is 2.26. The van der Waals surface area contributed by atoms with Crippen LogP contribution < -0.4 is 0 Å². The molecular weight excluding hydrogens is 213 g/mol. The zero-order valence-corrected chi connectivity index (χ0v) is 8.80. The molecule has 0 spiro atoms. The number of benzene rings is 1. The predicted octanol–water partition coefficient (Wildman–Crippen LogP) is 2.02. The second kappa shape index (κ2) is 5.34. The van der Waals surface area contributed by atoms with Crippen molar-refractivity contribution in [2.24, 2.45) is 5.92 Å². The van der Waals surface area contributed by atoms with Gasteiger partial charge in [-0.3, -0.25) is 10.1 Å². The fourth-order valence-corrected chi connectivity index (χ4v) is 1.58. The van der Waals surface area contributed by atoms with Gasteiger partial charge in [0.2, 0.25) is 6.54 Å². The van der Waals surface area contributed by atoms with Gasteiger partial charge in [0.1, 0.15) is 12.1 Å². The lowest BCUT2D eigenvalue weighted by Crippen LogP contribution is -2.21. The van der Waals surface area contributed by atoms with Crippen molar-refractivity contribution < 1.29 is 14.1 Å². The van der Waals surface area contributed by atoms with Crippen LogP contribution in [-0.2, 0) is 4.79 Å². The van der Waals surface area contributed by atoms with Crippen LogP contribution in [0.5, 0.6) is 0 Å². The van der Waals surface area contributed by atoms with Gasteiger partial charge in [-0.15, -0.1) is 0 Å². The highest BCUT2D eigenvalue weighted by molar-refractivity contribution is 5.55. The molecule has 1 aromatic carbocycles. The van der Waals surface area contributed by atoms with Crippen LogP contribution in [0.25, 0.3) is 0 Å². The first-order chi connectivity index (χ1) is 7.56. The molecule has 0 amide bonds. The van der Waals surface area contributed by atoms with Gasteiger partial charge in [-0.05, 0) is 11.6 Å². The number of nitro groups is 1. The Kier molecular flexibility index (Phi) is 4.10. The summed E-state index contributed by atoms with van der Waals surface area (Å²) in [4.78, 5) is 20.6. The van der Waals surface area contributed by atoms with Crippen LogP contribution in [-0.4, -0.2) is 17.8 Å². The molecule has 0 aliphatic carbocycles. The minimum absolute atomic E-state index is 0.221. The van der Waals surface area contributed by atoms with E-state index >= 15 is 0 Å². The topological polar surface area (TPSA) is 60.2 Å². The Morgan fingerprint density at radius 2 is 2.12 bits per heavy atom. The lowest BCUT2D eigenvalue weighted by Gasteiger charge is -2.16. The second-order valence-corrected chi connectivity index (χ2v) is 3.64. The predicted molar refractivity (Wildman–Crippen MR) is 56.2 cm³/mol. The molecule has 16 heavy (non-hydrogen) atoms. The molecule has 0 aliphatic heterocycles. The zero-order valence-electron chi connectivity index (χ0n) is 8.80. The summed E-state index contributed by atoms with van der Waals surface area (Å²) in [6, 6.07) is 5.82. The Bertz CT molecular complexity index is 395. The van der Waals surface area contributed by atoms with Crippen molar-refractivity contribution in [3.8, 4) is 0 Å². The molecule has 0 saturated heterocycles. The first kappa shape index (κ1) is 12.3. The average molecular weight is 225 g/mol. The number of nitrogens with zero attached hydrogens (tertiary/aromatic N) is 1. The molecular formula is C11H12FNO3. The molecule has 1 aromatic rings. The summed E-state index contributed by atoms with van der Waals surface area (Å²) in [5, 5.41) is 10.5. The fraction of sp³-hybridized carbons (Fsp3) is 0.364. The SMILES string of the molecule is C[C@H](C=O)[C@@H](C[N+](=O)[O-])c1ccccc1F. The molecule has 86 valence electrons. The summed E-state index contributed by atoms with van der Waals surface area (Å²) >= 11 is 0. The summed E-state index contributed by atoms with van der Waals surface area (Å²) in [5.74, 6) is -1.81. The number of rotatable bonds is 5. The molecule has 0 unspecified atom stereocenters. The maximum atomic E-state index is 13.4. The van der Waals surface area contributed by atoms with Gasteiger partial charge < -0.3 is 4.79 Å². The third-order valence-corrected chi connectivity index (χ3v) is 2.50. The minimum Gasteiger partial charge on any atom is -0.303 e. The van der Waals surface area contributed by atoms with Crippen molar-refractivity contribution in [3.63, 3.8) is 0 Å². The normalized spacial score (nSPS) is 14.1. The molecule has 0 radical (unpaired) electrons. The van der Waals surface area contributed by atoms with E-state index < -0.39 is 29.1 Å². The highest BCUT2D eigenvalue weighted by Crippen LogP contribution is 2.25. The third-order valence-electron chi connectivity index (χ3n) is 2.50. The molecule has 0 heterocycles. The summed E-state index contributed by atoms with van der Waals surface area (Å²) in [7, 11) is 0.